The zero-order valence-electron chi connectivity index (χ0n) is 33.7. The fourth-order valence-corrected chi connectivity index (χ4v) is 10.2. The molecule has 9 rings (SSSR count). The van der Waals surface area contributed by atoms with Crippen molar-refractivity contribution in [3.8, 4) is 33.4 Å². The number of hydrogen-bond acceptors (Lipinski definition) is 12. The Morgan fingerprint density at radius 3 is 0.984 bits per heavy atom. The summed E-state index contributed by atoms with van der Waals surface area (Å²) >= 11 is 15.9. The molecule has 9 nitrogen and oxygen atoms in total. The predicted octanol–water partition coefficient (Wildman–Crippen LogP) is 9.20. The second-order valence-electron chi connectivity index (χ2n) is 15.6. The van der Waals surface area contributed by atoms with Crippen LogP contribution in [0.2, 0.25) is 5.62 Å². The Morgan fingerprint density at radius 1 is 0.476 bits per heavy atom. The normalized spacial score (nSPS) is 13.6. The summed E-state index contributed by atoms with van der Waals surface area (Å²) in [5, 5.41) is 0. The molecule has 3 aliphatic carbocycles. The molecule has 15 heteroatoms. The van der Waals surface area contributed by atoms with Gasteiger partial charge < -0.3 is 66.7 Å². The fraction of sp³-hybridized carbons (Fsp3) is 0.146. The van der Waals surface area contributed by atoms with Crippen molar-refractivity contribution in [1.29, 1.82) is 0 Å². The summed E-state index contributed by atoms with van der Waals surface area (Å²) in [6.45, 7) is -4.81. The van der Waals surface area contributed by atoms with E-state index in [1.165, 1.54) is 0 Å². The van der Waals surface area contributed by atoms with E-state index in [-0.39, 0.29) is 37.6 Å². The Balaban J connectivity index is 1.03. The first-order valence-electron chi connectivity index (χ1n) is 20.6. The highest BCUT2D eigenvalue weighted by molar-refractivity contribution is 7.75. The van der Waals surface area contributed by atoms with Crippen molar-refractivity contribution >= 4 is 87.3 Å². The van der Waals surface area contributed by atoms with Gasteiger partial charge in [0.15, 0.2) is 0 Å². The third-order valence-electron chi connectivity index (χ3n) is 12.5. The molecule has 0 unspecified atom stereocenters. The Kier molecular flexibility index (Phi) is 12.6. The number of ether oxygens (including phenoxy) is 3. The summed E-state index contributed by atoms with van der Waals surface area (Å²) in [4.78, 5) is 52.5. The zero-order valence-corrected chi connectivity index (χ0v) is 36.2. The van der Waals surface area contributed by atoms with Crippen LogP contribution in [-0.4, -0.2) is 69.1 Å². The third kappa shape index (κ3) is 7.99. The molecule has 0 aromatic heterocycles. The number of nitrogens with one attached hydrogen (secondary N) is 1. The Bertz CT molecular complexity index is 2510. The second kappa shape index (κ2) is 18.8. The van der Waals surface area contributed by atoms with Gasteiger partial charge in [-0.05, 0) is 72.4 Å². The molecule has 310 valence electrons. The largest absolute Gasteiger partial charge is 0.770 e. The van der Waals surface area contributed by atoms with Gasteiger partial charge in [-0.3, -0.25) is 14.4 Å². The van der Waals surface area contributed by atoms with Crippen LogP contribution in [0.5, 0.6) is 0 Å². The molecular formula is C48H37B3N3O6S3-3. The van der Waals surface area contributed by atoms with Gasteiger partial charge in [0.05, 0.1) is 0 Å². The molecular weight excluding hydrogens is 843 g/mol. The summed E-state index contributed by atoms with van der Waals surface area (Å²) < 4.78 is 21.0. The lowest BCUT2D eigenvalue weighted by molar-refractivity contribution is 0.167. The maximum Gasteiger partial charge on any atom is 0.398 e. The minimum atomic E-state index is -1.57. The number of fused-ring (bicyclic) bond motifs is 9. The number of rotatable bonds is 15. The summed E-state index contributed by atoms with van der Waals surface area (Å²) in [5.41, 5.74) is 12.9. The fourth-order valence-electron chi connectivity index (χ4n) is 9.66. The average Bonchev–Trinajstić information content (AvgIpc) is 3.95. The summed E-state index contributed by atoms with van der Waals surface area (Å²) in [5.74, 6) is -3.37. The third-order valence-corrected chi connectivity index (χ3v) is 13.0. The van der Waals surface area contributed by atoms with E-state index in [4.69, 9.17) is 52.3 Å². The molecule has 0 spiro atoms. The van der Waals surface area contributed by atoms with Crippen molar-refractivity contribution in [3.63, 3.8) is 0 Å². The quantitative estimate of drug-likeness (QED) is 0.0352. The highest BCUT2D eigenvalue weighted by Crippen LogP contribution is 2.47. The summed E-state index contributed by atoms with van der Waals surface area (Å²) in [7, 11) is 0. The van der Waals surface area contributed by atoms with E-state index in [0.29, 0.717) is 0 Å². The maximum atomic E-state index is 14.6. The maximum absolute atomic E-state index is 14.6. The lowest BCUT2D eigenvalue weighted by Gasteiger charge is -2.31. The molecule has 0 amide bonds. The van der Waals surface area contributed by atoms with Gasteiger partial charge in [-0.2, -0.15) is 0 Å². The number of benzene rings is 6. The van der Waals surface area contributed by atoms with E-state index in [1.54, 1.807) is 0 Å². The zero-order chi connectivity index (χ0) is 43.5. The first kappa shape index (κ1) is 42.3. The number of carbonyl (C=O) groups is 3. The molecule has 0 bridgehead atoms. The minimum absolute atomic E-state index is 0.0487. The molecule has 0 aliphatic heterocycles. The van der Waals surface area contributed by atoms with Crippen LogP contribution in [0.25, 0.3) is 33.4 Å². The van der Waals surface area contributed by atoms with E-state index in [9.17, 15) is 14.4 Å². The highest BCUT2D eigenvalue weighted by Gasteiger charge is 2.55. The van der Waals surface area contributed by atoms with Gasteiger partial charge in [0.2, 0.25) is 0 Å². The number of nitrogens with zero attached hydrogens (tertiary/aromatic N) is 2. The van der Waals surface area contributed by atoms with E-state index < -0.39 is 43.8 Å². The number of carbonyl (C=O) groups excluding carboxylic acids is 3. The van der Waals surface area contributed by atoms with Crippen molar-refractivity contribution in [3.05, 3.63) is 179 Å². The second-order valence-corrected chi connectivity index (χ2v) is 16.3. The van der Waals surface area contributed by atoms with Crippen molar-refractivity contribution in [2.45, 2.75) is 23.4 Å². The molecule has 0 heterocycles. The van der Waals surface area contributed by atoms with Crippen LogP contribution in [0.3, 0.4) is 0 Å². The molecule has 0 saturated carbocycles. The summed E-state index contributed by atoms with van der Waals surface area (Å²) in [6, 6.07) is 47.8. The molecule has 0 atom stereocenters. The van der Waals surface area contributed by atoms with Gasteiger partial charge in [0.1, 0.15) is 19.8 Å². The SMILES string of the molecule is O=C(OCC1c2ccccc2-c2ccccc21)B(/N=C/[S-])C(B(/N=C/[S-])C(=O)OCC1c2ccccc2-c2ccccc21)B(N[S-])C(=O)OCC1c2ccccc2-c2ccccc21. The highest BCUT2D eigenvalue weighted by atomic mass is 32.1. The molecule has 63 heavy (non-hydrogen) atoms. The van der Waals surface area contributed by atoms with Crippen LogP contribution in [-0.2, 0) is 52.3 Å². The lowest BCUT2D eigenvalue weighted by Crippen LogP contribution is -2.58. The van der Waals surface area contributed by atoms with Crippen LogP contribution in [0.4, 0.5) is 14.4 Å². The average molecular weight is 880 g/mol. The lowest BCUT2D eigenvalue weighted by atomic mass is 9.17. The van der Waals surface area contributed by atoms with Gasteiger partial charge in [-0.25, -0.2) is 0 Å². The minimum Gasteiger partial charge on any atom is -0.770 e. The topological polar surface area (TPSA) is 116 Å². The van der Waals surface area contributed by atoms with Crippen molar-refractivity contribution in [1.82, 2.24) is 4.63 Å². The Labute approximate surface area is 383 Å². The van der Waals surface area contributed by atoms with E-state index in [1.807, 2.05) is 146 Å². The Morgan fingerprint density at radius 2 is 0.730 bits per heavy atom. The molecule has 0 radical (unpaired) electrons. The van der Waals surface area contributed by atoms with Crippen molar-refractivity contribution in [2.75, 3.05) is 19.8 Å². The standard InChI is InChI=1S/C48H39B3N3O6S3/c55-46(58-25-42-36-19-7-1-13-30(36)31-14-2-8-20-37(31)42)49(52-28-61)45(51(54-63)48(57)60-27-44-40-23-11-5-17-34(40)35-18-6-12-24-41(35)44)50(53-29-62)47(56)59-26-43-38-21-9-3-15-32(38)33-16-4-10-22-39(33)43/h1-24,28-29,42-45,54H,25-27H2,(H,52,61)(H,53,62)/q-1/p-2. The van der Waals surface area contributed by atoms with Gasteiger partial charge >= 0.3 is 20.5 Å². The smallest absolute Gasteiger partial charge is 0.398 e. The van der Waals surface area contributed by atoms with Crippen LogP contribution >= 0.6 is 0 Å². The summed E-state index contributed by atoms with van der Waals surface area (Å²) in [6.07, 6.45) is 0. The van der Waals surface area contributed by atoms with Crippen molar-refractivity contribution in [2.24, 2.45) is 9.81 Å². The molecule has 6 aromatic carbocycles. The molecule has 0 fully saturated rings. The van der Waals surface area contributed by atoms with Gasteiger partial charge in [0, 0.05) is 17.8 Å². The van der Waals surface area contributed by atoms with Crippen LogP contribution in [0, 0.1) is 0 Å². The first-order chi connectivity index (χ1) is 30.9. The monoisotopic (exact) mass is 880 g/mol. The van der Waals surface area contributed by atoms with Gasteiger partial charge in [-0.1, -0.05) is 146 Å². The van der Waals surface area contributed by atoms with Crippen molar-refractivity contribution < 1.29 is 28.6 Å². The molecule has 3 aliphatic rings. The van der Waals surface area contributed by atoms with Crippen LogP contribution in [0.1, 0.15) is 51.1 Å². The number of hydrogen-bond donors (Lipinski definition) is 1. The van der Waals surface area contributed by atoms with Crippen LogP contribution < -0.4 is 4.63 Å². The van der Waals surface area contributed by atoms with E-state index in [2.05, 4.69) is 14.4 Å². The first-order valence-corrected chi connectivity index (χ1v) is 22.0. The van der Waals surface area contributed by atoms with Gasteiger partial charge in [-0.15, -0.1) is 11.1 Å². The van der Waals surface area contributed by atoms with E-state index in [0.717, 1.165) is 77.9 Å². The van der Waals surface area contributed by atoms with Crippen LogP contribution in [0.15, 0.2) is 155 Å². The van der Waals surface area contributed by atoms with E-state index >= 15 is 0 Å². The molecule has 6 aromatic rings. The molecule has 1 N–H and O–H groups in total. The molecule has 0 saturated heterocycles. The predicted molar refractivity (Wildman–Crippen MR) is 258 cm³/mol. The Hall–Kier alpha value is -5.99. The van der Waals surface area contributed by atoms with Gasteiger partial charge in [0.25, 0.3) is 17.6 Å².